The van der Waals surface area contributed by atoms with Gasteiger partial charge in [0.15, 0.2) is 5.41 Å². The van der Waals surface area contributed by atoms with Gasteiger partial charge in [-0.2, -0.15) is 0 Å². The topological polar surface area (TPSA) is 94.2 Å². The van der Waals surface area contributed by atoms with Crippen molar-refractivity contribution in [2.24, 2.45) is 5.41 Å². The van der Waals surface area contributed by atoms with Gasteiger partial charge in [0.25, 0.3) is 0 Å². The normalized spacial score (nSPS) is 30.5. The molecular weight excluding hydrogens is 398 g/mol. The van der Waals surface area contributed by atoms with Gasteiger partial charge in [0, 0.05) is 44.1 Å². The minimum absolute atomic E-state index is 0.0390. The molecule has 3 fully saturated rings. The molecule has 4 heterocycles. The number of morpholine rings is 1. The molecule has 4 aliphatic heterocycles. The minimum Gasteiger partial charge on any atom is -0.372 e. The maximum Gasteiger partial charge on any atom is 0.328 e. The van der Waals surface area contributed by atoms with Crippen LogP contribution in [0.2, 0.25) is 0 Å². The second-order valence-corrected chi connectivity index (χ2v) is 9.24. The lowest BCUT2D eigenvalue weighted by molar-refractivity contribution is -0.153. The Kier molecular flexibility index (Phi) is 4.71. The zero-order chi connectivity index (χ0) is 21.9. The largest absolute Gasteiger partial charge is 0.372 e. The first-order valence-corrected chi connectivity index (χ1v) is 10.9. The Morgan fingerprint density at radius 1 is 1.03 bits per heavy atom. The lowest BCUT2D eigenvalue weighted by atomic mass is 9.66. The van der Waals surface area contributed by atoms with Gasteiger partial charge in [-0.1, -0.05) is 0 Å². The number of fused-ring (bicyclic) bond motifs is 4. The van der Waals surface area contributed by atoms with Crippen molar-refractivity contribution in [2.45, 2.75) is 38.5 Å². The summed E-state index contributed by atoms with van der Waals surface area (Å²) in [7, 11) is 2.12. The van der Waals surface area contributed by atoms with Crippen LogP contribution in [0.1, 0.15) is 19.4 Å². The fraction of sp³-hybridized carbons (Fsp3) is 0.591. The van der Waals surface area contributed by atoms with Gasteiger partial charge >= 0.3 is 6.03 Å². The molecule has 2 N–H and O–H groups in total. The molecule has 9 heteroatoms. The van der Waals surface area contributed by atoms with Gasteiger partial charge in [0.1, 0.15) is 0 Å². The lowest BCUT2D eigenvalue weighted by Gasteiger charge is -2.55. The molecule has 1 aromatic rings. The standard InChI is InChI=1S/C22H29N5O4/c1-13-12-27-17-5-4-16(26-8-6-25(3)7-9-26)10-15(17)11-22(18(27)14(2)31-13)19(28)23-21(30)24-20(22)29/h4-5,10,13-14,18H,6-9,11-12H2,1-3H3,(H2,23,24,28,29,30)/t13?,14-,18+/m0/s1. The zero-order valence-electron chi connectivity index (χ0n) is 18.2. The summed E-state index contributed by atoms with van der Waals surface area (Å²) in [5.74, 6) is -1.09. The molecule has 0 aliphatic carbocycles. The Morgan fingerprint density at radius 2 is 1.71 bits per heavy atom. The number of imide groups is 2. The van der Waals surface area contributed by atoms with E-state index in [-0.39, 0.29) is 18.6 Å². The molecule has 0 bridgehead atoms. The summed E-state index contributed by atoms with van der Waals surface area (Å²) in [6.45, 7) is 8.33. The number of urea groups is 1. The Bertz CT molecular complexity index is 922. The van der Waals surface area contributed by atoms with Crippen LogP contribution in [0.5, 0.6) is 0 Å². The Balaban J connectivity index is 1.59. The first-order valence-electron chi connectivity index (χ1n) is 10.9. The molecule has 166 valence electrons. The van der Waals surface area contributed by atoms with Gasteiger partial charge in [-0.25, -0.2) is 4.79 Å². The molecule has 31 heavy (non-hydrogen) atoms. The van der Waals surface area contributed by atoms with Crippen molar-refractivity contribution in [1.82, 2.24) is 15.5 Å². The molecule has 4 amide bonds. The molecule has 0 radical (unpaired) electrons. The van der Waals surface area contributed by atoms with E-state index >= 15 is 0 Å². The van der Waals surface area contributed by atoms with Crippen molar-refractivity contribution in [1.29, 1.82) is 0 Å². The number of anilines is 2. The fourth-order valence-corrected chi connectivity index (χ4v) is 5.70. The SMILES string of the molecule is CC1CN2c3ccc(N4CCN(C)CC4)cc3CC3(C(=O)NC(=O)NC3=O)[C@H]2[C@H](C)O1. The first-order chi connectivity index (χ1) is 14.8. The Morgan fingerprint density at radius 3 is 2.39 bits per heavy atom. The van der Waals surface area contributed by atoms with Crippen LogP contribution in [0.25, 0.3) is 0 Å². The maximum absolute atomic E-state index is 13.2. The number of nitrogens with one attached hydrogen (secondary N) is 2. The summed E-state index contributed by atoms with van der Waals surface area (Å²) < 4.78 is 6.05. The maximum atomic E-state index is 13.2. The van der Waals surface area contributed by atoms with Crippen LogP contribution in [0, 0.1) is 5.41 Å². The number of ether oxygens (including phenoxy) is 1. The number of amides is 4. The van der Waals surface area contributed by atoms with Crippen molar-refractivity contribution < 1.29 is 19.1 Å². The zero-order valence-corrected chi connectivity index (χ0v) is 18.2. The Labute approximate surface area is 181 Å². The molecule has 1 spiro atoms. The molecule has 0 aromatic heterocycles. The van der Waals surface area contributed by atoms with Crippen LogP contribution >= 0.6 is 0 Å². The highest BCUT2D eigenvalue weighted by Gasteiger charge is 2.62. The summed E-state index contributed by atoms with van der Waals surface area (Å²) >= 11 is 0. The van der Waals surface area contributed by atoms with Crippen LogP contribution in [0.15, 0.2) is 18.2 Å². The van der Waals surface area contributed by atoms with Crippen molar-refractivity contribution in [3.63, 3.8) is 0 Å². The molecule has 3 atom stereocenters. The lowest BCUT2D eigenvalue weighted by Crippen LogP contribution is -2.75. The van der Waals surface area contributed by atoms with Crippen LogP contribution in [-0.4, -0.2) is 80.8 Å². The van der Waals surface area contributed by atoms with E-state index in [1.54, 1.807) is 0 Å². The fourth-order valence-electron chi connectivity index (χ4n) is 5.70. The molecular formula is C22H29N5O4. The first kappa shape index (κ1) is 20.3. The number of carbonyl (C=O) groups excluding carboxylic acids is 3. The van der Waals surface area contributed by atoms with Gasteiger partial charge in [0.05, 0.1) is 18.2 Å². The van der Waals surface area contributed by atoms with Gasteiger partial charge < -0.3 is 19.4 Å². The van der Waals surface area contributed by atoms with Crippen LogP contribution in [0.4, 0.5) is 16.2 Å². The summed E-state index contributed by atoms with van der Waals surface area (Å²) in [4.78, 5) is 45.0. The molecule has 1 unspecified atom stereocenters. The molecule has 1 aromatic carbocycles. The van der Waals surface area contributed by atoms with Crippen molar-refractivity contribution in [3.8, 4) is 0 Å². The van der Waals surface area contributed by atoms with Gasteiger partial charge in [0.2, 0.25) is 11.8 Å². The van der Waals surface area contributed by atoms with Gasteiger partial charge in [-0.3, -0.25) is 20.2 Å². The summed E-state index contributed by atoms with van der Waals surface area (Å²) in [5, 5.41) is 4.68. The molecule has 5 rings (SSSR count). The third-order valence-corrected chi connectivity index (χ3v) is 7.16. The predicted octanol–water partition coefficient (Wildman–Crippen LogP) is 0.329. The number of hydrogen-bond acceptors (Lipinski definition) is 7. The monoisotopic (exact) mass is 427 g/mol. The highest BCUT2D eigenvalue weighted by Crippen LogP contribution is 2.47. The third-order valence-electron chi connectivity index (χ3n) is 7.16. The van der Waals surface area contributed by atoms with E-state index in [1.165, 1.54) is 0 Å². The molecule has 4 aliphatic rings. The number of rotatable bonds is 1. The summed E-state index contributed by atoms with van der Waals surface area (Å²) in [5.41, 5.74) is 1.67. The number of benzene rings is 1. The third kappa shape index (κ3) is 3.10. The van der Waals surface area contributed by atoms with E-state index < -0.39 is 29.3 Å². The number of carbonyl (C=O) groups is 3. The number of piperazine rings is 1. The van der Waals surface area contributed by atoms with E-state index in [2.05, 4.69) is 50.6 Å². The van der Waals surface area contributed by atoms with Crippen molar-refractivity contribution in [3.05, 3.63) is 23.8 Å². The summed E-state index contributed by atoms with van der Waals surface area (Å²) in [6, 6.07) is 5.10. The smallest absolute Gasteiger partial charge is 0.328 e. The quantitative estimate of drug-likeness (QED) is 0.624. The van der Waals surface area contributed by atoms with Gasteiger partial charge in [-0.15, -0.1) is 0 Å². The second-order valence-electron chi connectivity index (χ2n) is 9.24. The van der Waals surface area contributed by atoms with E-state index in [1.807, 2.05) is 13.8 Å². The Hall–Kier alpha value is -2.65. The summed E-state index contributed by atoms with van der Waals surface area (Å²) in [6.07, 6.45) is -0.153. The molecule has 3 saturated heterocycles. The number of nitrogens with zero attached hydrogens (tertiary/aromatic N) is 3. The van der Waals surface area contributed by atoms with E-state index in [0.717, 1.165) is 43.1 Å². The predicted molar refractivity (Wildman–Crippen MR) is 115 cm³/mol. The van der Waals surface area contributed by atoms with E-state index in [4.69, 9.17) is 4.74 Å². The minimum atomic E-state index is -1.42. The highest BCUT2D eigenvalue weighted by atomic mass is 16.5. The van der Waals surface area contributed by atoms with E-state index in [9.17, 15) is 14.4 Å². The molecule has 9 nitrogen and oxygen atoms in total. The van der Waals surface area contributed by atoms with Crippen molar-refractivity contribution in [2.75, 3.05) is 49.6 Å². The van der Waals surface area contributed by atoms with E-state index in [0.29, 0.717) is 6.54 Å². The van der Waals surface area contributed by atoms with Gasteiger partial charge in [-0.05, 0) is 51.1 Å². The van der Waals surface area contributed by atoms with Crippen LogP contribution in [-0.2, 0) is 20.7 Å². The highest BCUT2D eigenvalue weighted by molar-refractivity contribution is 6.20. The number of likely N-dealkylation sites (N-methyl/N-ethyl adjacent to an activating group) is 1. The second kappa shape index (κ2) is 7.20. The van der Waals surface area contributed by atoms with Crippen molar-refractivity contribution >= 4 is 29.2 Å². The molecule has 0 saturated carbocycles. The number of hydrogen-bond donors (Lipinski definition) is 2. The van der Waals surface area contributed by atoms with Crippen LogP contribution < -0.4 is 20.4 Å². The average molecular weight is 428 g/mol. The number of barbiturate groups is 1. The average Bonchev–Trinajstić information content (AvgIpc) is 2.71. The van der Waals surface area contributed by atoms with Crippen LogP contribution in [0.3, 0.4) is 0 Å².